The lowest BCUT2D eigenvalue weighted by Gasteiger charge is -2.24. The summed E-state index contributed by atoms with van der Waals surface area (Å²) in [6, 6.07) is 17.1. The molecular formula is C27H33NO3. The van der Waals surface area contributed by atoms with Crippen LogP contribution >= 0.6 is 0 Å². The largest absolute Gasteiger partial charge is 0.493 e. The molecule has 0 amide bonds. The number of aryl methyl sites for hydroxylation is 2. The Hall–Kier alpha value is -3.01. The Morgan fingerprint density at radius 1 is 1.06 bits per heavy atom. The van der Waals surface area contributed by atoms with Crippen LogP contribution in [0.5, 0.6) is 5.75 Å². The van der Waals surface area contributed by atoms with Crippen molar-refractivity contribution in [1.82, 2.24) is 4.57 Å². The Bertz CT molecular complexity index is 1090. The molecule has 4 nitrogen and oxygen atoms in total. The first-order chi connectivity index (χ1) is 14.8. The van der Waals surface area contributed by atoms with E-state index in [-0.39, 0.29) is 18.0 Å². The molecule has 0 bridgehead atoms. The van der Waals surface area contributed by atoms with Gasteiger partial charge < -0.3 is 14.0 Å². The summed E-state index contributed by atoms with van der Waals surface area (Å²) < 4.78 is 13.8. The van der Waals surface area contributed by atoms with Crippen molar-refractivity contribution in [2.45, 2.75) is 47.6 Å². The number of benzene rings is 2. The van der Waals surface area contributed by atoms with Crippen LogP contribution < -0.4 is 4.74 Å². The predicted molar refractivity (Wildman–Crippen MR) is 127 cm³/mol. The van der Waals surface area contributed by atoms with Gasteiger partial charge in [-0.1, -0.05) is 51.6 Å². The highest BCUT2D eigenvalue weighted by atomic mass is 16.5. The average Bonchev–Trinajstić information content (AvgIpc) is 3.13. The Balaban J connectivity index is 1.83. The molecule has 1 aromatic heterocycles. The van der Waals surface area contributed by atoms with Gasteiger partial charge in [-0.2, -0.15) is 0 Å². The second kappa shape index (κ2) is 9.42. The minimum Gasteiger partial charge on any atom is -0.493 e. The van der Waals surface area contributed by atoms with Crippen LogP contribution in [0.25, 0.3) is 22.2 Å². The summed E-state index contributed by atoms with van der Waals surface area (Å²) in [6.07, 6.45) is 1.00. The fourth-order valence-electron chi connectivity index (χ4n) is 3.67. The standard InChI is InChI=1S/C27H33NO3/c1-7-20-11-9-10-12-23(20)25-15-21-13-14-22(16-24(21)28(25)8-2)30-17-27(5,6)18-31-26(29)19(3)4/h9-16H,3,7-8,17-18H2,1-2,4-6H3. The molecule has 0 radical (unpaired) electrons. The van der Waals surface area contributed by atoms with Crippen LogP contribution in [0.2, 0.25) is 0 Å². The fourth-order valence-corrected chi connectivity index (χ4v) is 3.67. The van der Waals surface area contributed by atoms with Gasteiger partial charge in [0.25, 0.3) is 0 Å². The van der Waals surface area contributed by atoms with Crippen molar-refractivity contribution in [2.75, 3.05) is 13.2 Å². The van der Waals surface area contributed by atoms with E-state index in [2.05, 4.69) is 67.5 Å². The number of rotatable bonds is 9. The van der Waals surface area contributed by atoms with Crippen molar-refractivity contribution in [1.29, 1.82) is 0 Å². The molecule has 0 saturated carbocycles. The minimum atomic E-state index is -0.366. The molecule has 3 rings (SSSR count). The van der Waals surface area contributed by atoms with Crippen LogP contribution in [0.3, 0.4) is 0 Å². The van der Waals surface area contributed by atoms with Crippen LogP contribution in [0, 0.1) is 5.41 Å². The molecule has 0 spiro atoms. The monoisotopic (exact) mass is 419 g/mol. The van der Waals surface area contributed by atoms with Crippen molar-refractivity contribution in [3.8, 4) is 17.0 Å². The van der Waals surface area contributed by atoms with E-state index in [9.17, 15) is 4.79 Å². The first-order valence-electron chi connectivity index (χ1n) is 10.9. The summed E-state index contributed by atoms with van der Waals surface area (Å²) in [5.41, 5.74) is 5.13. The smallest absolute Gasteiger partial charge is 0.333 e. The van der Waals surface area contributed by atoms with Crippen LogP contribution in [0.15, 0.2) is 60.7 Å². The Labute approximate surface area is 185 Å². The molecular weight excluding hydrogens is 386 g/mol. The van der Waals surface area contributed by atoms with E-state index in [0.717, 1.165) is 24.2 Å². The van der Waals surface area contributed by atoms with Gasteiger partial charge in [-0.05, 0) is 44.0 Å². The summed E-state index contributed by atoms with van der Waals surface area (Å²) >= 11 is 0. The second-order valence-electron chi connectivity index (χ2n) is 8.81. The Morgan fingerprint density at radius 3 is 2.48 bits per heavy atom. The zero-order valence-corrected chi connectivity index (χ0v) is 19.3. The molecule has 0 atom stereocenters. The van der Waals surface area contributed by atoms with Gasteiger partial charge in [0, 0.05) is 40.2 Å². The summed E-state index contributed by atoms with van der Waals surface area (Å²) in [6.45, 7) is 15.3. The molecule has 0 aliphatic carbocycles. The van der Waals surface area contributed by atoms with Crippen molar-refractivity contribution in [3.63, 3.8) is 0 Å². The minimum absolute atomic E-state index is 0.282. The normalized spacial score (nSPS) is 11.5. The van der Waals surface area contributed by atoms with Gasteiger partial charge in [-0.15, -0.1) is 0 Å². The first-order valence-corrected chi connectivity index (χ1v) is 10.9. The highest BCUT2D eigenvalue weighted by Crippen LogP contribution is 2.33. The molecule has 164 valence electrons. The van der Waals surface area contributed by atoms with Gasteiger partial charge in [-0.3, -0.25) is 0 Å². The number of carbonyl (C=O) groups excluding carboxylic acids is 1. The number of aromatic nitrogens is 1. The maximum atomic E-state index is 11.7. The van der Waals surface area contributed by atoms with Gasteiger partial charge in [0.15, 0.2) is 0 Å². The highest BCUT2D eigenvalue weighted by Gasteiger charge is 2.22. The molecule has 3 aromatic rings. The van der Waals surface area contributed by atoms with Gasteiger partial charge in [0.2, 0.25) is 0 Å². The summed E-state index contributed by atoms with van der Waals surface area (Å²) in [7, 11) is 0. The molecule has 0 saturated heterocycles. The molecule has 2 aromatic carbocycles. The van der Waals surface area contributed by atoms with Gasteiger partial charge >= 0.3 is 5.97 Å². The van der Waals surface area contributed by atoms with Crippen molar-refractivity contribution >= 4 is 16.9 Å². The highest BCUT2D eigenvalue weighted by molar-refractivity contribution is 5.89. The predicted octanol–water partition coefficient (Wildman–Crippen LogP) is 6.41. The third-order valence-electron chi connectivity index (χ3n) is 5.44. The number of fused-ring (bicyclic) bond motifs is 1. The lowest BCUT2D eigenvalue weighted by atomic mass is 9.96. The molecule has 0 N–H and O–H groups in total. The molecule has 4 heteroatoms. The fraction of sp³-hybridized carbons (Fsp3) is 0.370. The van der Waals surface area contributed by atoms with E-state index < -0.39 is 0 Å². The quantitative estimate of drug-likeness (QED) is 0.297. The van der Waals surface area contributed by atoms with Crippen molar-refractivity contribution < 1.29 is 14.3 Å². The SMILES string of the molecule is C=C(C)C(=O)OCC(C)(C)COc1ccc2cc(-c3ccccc3CC)n(CC)c2c1. The van der Waals surface area contributed by atoms with Crippen molar-refractivity contribution in [3.05, 3.63) is 66.2 Å². The average molecular weight is 420 g/mol. The topological polar surface area (TPSA) is 40.5 Å². The lowest BCUT2D eigenvalue weighted by molar-refractivity contribution is -0.142. The molecule has 0 aliphatic rings. The van der Waals surface area contributed by atoms with Gasteiger partial charge in [0.1, 0.15) is 5.75 Å². The Kier molecular flexibility index (Phi) is 6.89. The summed E-state index contributed by atoms with van der Waals surface area (Å²) in [5, 5.41) is 1.20. The lowest BCUT2D eigenvalue weighted by Crippen LogP contribution is -2.28. The summed E-state index contributed by atoms with van der Waals surface area (Å²) in [5.74, 6) is 0.449. The maximum absolute atomic E-state index is 11.7. The maximum Gasteiger partial charge on any atom is 0.333 e. The molecule has 1 heterocycles. The number of carbonyl (C=O) groups is 1. The van der Waals surface area contributed by atoms with Crippen LogP contribution in [-0.4, -0.2) is 23.8 Å². The van der Waals surface area contributed by atoms with E-state index in [1.54, 1.807) is 6.92 Å². The molecule has 0 aliphatic heterocycles. The van der Waals surface area contributed by atoms with Crippen LogP contribution in [-0.2, 0) is 22.5 Å². The number of ether oxygens (including phenoxy) is 2. The second-order valence-corrected chi connectivity index (χ2v) is 8.81. The van der Waals surface area contributed by atoms with E-state index in [1.807, 2.05) is 19.9 Å². The number of hydrogen-bond acceptors (Lipinski definition) is 3. The summed E-state index contributed by atoms with van der Waals surface area (Å²) in [4.78, 5) is 11.7. The molecule has 31 heavy (non-hydrogen) atoms. The first kappa shape index (κ1) is 22.7. The molecule has 0 fully saturated rings. The van der Waals surface area contributed by atoms with E-state index >= 15 is 0 Å². The van der Waals surface area contributed by atoms with E-state index in [0.29, 0.717) is 12.2 Å². The number of nitrogens with zero attached hydrogens (tertiary/aromatic N) is 1. The van der Waals surface area contributed by atoms with Gasteiger partial charge in [0.05, 0.1) is 18.7 Å². The number of esters is 1. The third kappa shape index (κ3) is 5.19. The number of hydrogen-bond donors (Lipinski definition) is 0. The molecule has 0 unspecified atom stereocenters. The van der Waals surface area contributed by atoms with Crippen molar-refractivity contribution in [2.24, 2.45) is 5.41 Å². The third-order valence-corrected chi connectivity index (χ3v) is 5.44. The Morgan fingerprint density at radius 2 is 1.81 bits per heavy atom. The van der Waals surface area contributed by atoms with Gasteiger partial charge in [-0.25, -0.2) is 4.79 Å². The zero-order valence-electron chi connectivity index (χ0n) is 19.3. The zero-order chi connectivity index (χ0) is 22.6. The van der Waals surface area contributed by atoms with Crippen LogP contribution in [0.1, 0.15) is 40.2 Å². The van der Waals surface area contributed by atoms with E-state index in [4.69, 9.17) is 9.47 Å². The van der Waals surface area contributed by atoms with Crippen LogP contribution in [0.4, 0.5) is 0 Å². The van der Waals surface area contributed by atoms with E-state index in [1.165, 1.54) is 22.2 Å².